The lowest BCUT2D eigenvalue weighted by Gasteiger charge is -2.18. The van der Waals surface area contributed by atoms with Crippen molar-refractivity contribution in [3.63, 3.8) is 0 Å². The van der Waals surface area contributed by atoms with Gasteiger partial charge in [0, 0.05) is 12.6 Å². The Labute approximate surface area is 69.5 Å². The van der Waals surface area contributed by atoms with Crippen LogP contribution in [0.15, 0.2) is 0 Å². The van der Waals surface area contributed by atoms with Crippen molar-refractivity contribution in [1.29, 1.82) is 0 Å². The first kappa shape index (κ1) is 9.01. The second-order valence-electron chi connectivity index (χ2n) is 3.35. The zero-order valence-corrected chi connectivity index (χ0v) is 7.68. The molecule has 66 valence electrons. The molecule has 0 radical (unpaired) electrons. The van der Waals surface area contributed by atoms with Crippen molar-refractivity contribution in [1.82, 2.24) is 4.90 Å². The lowest BCUT2D eigenvalue weighted by atomic mass is 10.2. The van der Waals surface area contributed by atoms with Gasteiger partial charge in [0.2, 0.25) is 0 Å². The van der Waals surface area contributed by atoms with Gasteiger partial charge >= 0.3 is 0 Å². The third-order valence-corrected chi connectivity index (χ3v) is 2.33. The van der Waals surface area contributed by atoms with Crippen LogP contribution in [-0.4, -0.2) is 37.7 Å². The van der Waals surface area contributed by atoms with Crippen LogP contribution in [-0.2, 0) is 4.74 Å². The smallest absolute Gasteiger partial charge is 0.0621 e. The molecular formula is C9H19NO. The minimum absolute atomic E-state index is 0.696. The molecule has 0 bridgehead atoms. The number of hydrogen-bond donors (Lipinski definition) is 0. The summed E-state index contributed by atoms with van der Waals surface area (Å²) < 4.78 is 5.50. The van der Waals surface area contributed by atoms with Crippen LogP contribution < -0.4 is 0 Å². The molecule has 0 saturated carbocycles. The molecule has 1 aliphatic heterocycles. The largest absolute Gasteiger partial charge is 0.380 e. The molecule has 0 aromatic rings. The Balaban J connectivity index is 2.05. The standard InChI is InChI=1S/C9H19NO/c1-3-7-11-8-9-5-4-6-10(9)2/h9H,3-8H2,1-2H3/t9-/m0/s1. The summed E-state index contributed by atoms with van der Waals surface area (Å²) in [7, 11) is 2.19. The van der Waals surface area contributed by atoms with Crippen molar-refractivity contribution in [2.24, 2.45) is 0 Å². The number of ether oxygens (including phenoxy) is 1. The van der Waals surface area contributed by atoms with Gasteiger partial charge in [0.1, 0.15) is 0 Å². The van der Waals surface area contributed by atoms with E-state index in [0.29, 0.717) is 6.04 Å². The lowest BCUT2D eigenvalue weighted by Crippen LogP contribution is -2.29. The summed E-state index contributed by atoms with van der Waals surface area (Å²) in [6.07, 6.45) is 3.80. The van der Waals surface area contributed by atoms with Gasteiger partial charge in [-0.1, -0.05) is 6.92 Å². The fourth-order valence-electron chi connectivity index (χ4n) is 1.55. The molecule has 1 heterocycles. The molecule has 0 amide bonds. The van der Waals surface area contributed by atoms with Crippen LogP contribution in [0.3, 0.4) is 0 Å². The van der Waals surface area contributed by atoms with E-state index < -0.39 is 0 Å². The molecule has 1 fully saturated rings. The SMILES string of the molecule is CCCOC[C@@H]1CCCN1C. The Bertz CT molecular complexity index is 106. The van der Waals surface area contributed by atoms with E-state index in [0.717, 1.165) is 19.6 Å². The Morgan fingerprint density at radius 2 is 2.36 bits per heavy atom. The second kappa shape index (κ2) is 4.73. The van der Waals surface area contributed by atoms with Crippen LogP contribution in [0.5, 0.6) is 0 Å². The summed E-state index contributed by atoms with van der Waals surface area (Å²) in [6.45, 7) is 5.26. The first-order valence-corrected chi connectivity index (χ1v) is 4.62. The van der Waals surface area contributed by atoms with E-state index in [1.54, 1.807) is 0 Å². The fraction of sp³-hybridized carbons (Fsp3) is 1.00. The Hall–Kier alpha value is -0.0800. The zero-order chi connectivity index (χ0) is 8.10. The molecule has 1 saturated heterocycles. The predicted molar refractivity (Wildman–Crippen MR) is 46.8 cm³/mol. The average Bonchev–Trinajstić information content (AvgIpc) is 2.37. The average molecular weight is 157 g/mol. The number of hydrogen-bond acceptors (Lipinski definition) is 2. The van der Waals surface area contributed by atoms with Crippen LogP contribution in [0.4, 0.5) is 0 Å². The summed E-state index contributed by atoms with van der Waals surface area (Å²) in [6, 6.07) is 0.696. The molecular weight excluding hydrogens is 138 g/mol. The van der Waals surface area contributed by atoms with E-state index in [4.69, 9.17) is 4.74 Å². The van der Waals surface area contributed by atoms with Crippen LogP contribution >= 0.6 is 0 Å². The van der Waals surface area contributed by atoms with Gasteiger partial charge in [-0.2, -0.15) is 0 Å². The summed E-state index contributed by atoms with van der Waals surface area (Å²) in [4.78, 5) is 2.40. The van der Waals surface area contributed by atoms with Gasteiger partial charge in [-0.15, -0.1) is 0 Å². The minimum Gasteiger partial charge on any atom is -0.380 e. The van der Waals surface area contributed by atoms with E-state index in [-0.39, 0.29) is 0 Å². The van der Waals surface area contributed by atoms with Crippen LogP contribution in [0.25, 0.3) is 0 Å². The van der Waals surface area contributed by atoms with Gasteiger partial charge in [-0.3, -0.25) is 0 Å². The number of nitrogens with zero attached hydrogens (tertiary/aromatic N) is 1. The summed E-state index contributed by atoms with van der Waals surface area (Å²) in [5, 5.41) is 0. The quantitative estimate of drug-likeness (QED) is 0.573. The van der Waals surface area contributed by atoms with E-state index in [1.165, 1.54) is 19.4 Å². The highest BCUT2D eigenvalue weighted by molar-refractivity contribution is 4.75. The normalized spacial score (nSPS) is 26.2. The maximum Gasteiger partial charge on any atom is 0.0621 e. The van der Waals surface area contributed by atoms with Crippen molar-refractivity contribution in [2.45, 2.75) is 32.2 Å². The van der Waals surface area contributed by atoms with Crippen molar-refractivity contribution < 1.29 is 4.74 Å². The van der Waals surface area contributed by atoms with E-state index in [1.807, 2.05) is 0 Å². The highest BCUT2D eigenvalue weighted by Crippen LogP contribution is 2.14. The first-order chi connectivity index (χ1) is 5.34. The molecule has 0 unspecified atom stereocenters. The number of likely N-dealkylation sites (N-methyl/N-ethyl adjacent to an activating group) is 1. The minimum atomic E-state index is 0.696. The van der Waals surface area contributed by atoms with Gasteiger partial charge < -0.3 is 9.64 Å². The monoisotopic (exact) mass is 157 g/mol. The van der Waals surface area contributed by atoms with Gasteiger partial charge in [0.15, 0.2) is 0 Å². The van der Waals surface area contributed by atoms with Gasteiger partial charge in [0.05, 0.1) is 6.61 Å². The van der Waals surface area contributed by atoms with Crippen molar-refractivity contribution in [2.75, 3.05) is 26.8 Å². The fourth-order valence-corrected chi connectivity index (χ4v) is 1.55. The molecule has 1 atom stereocenters. The molecule has 2 nitrogen and oxygen atoms in total. The molecule has 0 aromatic carbocycles. The third kappa shape index (κ3) is 2.80. The zero-order valence-electron chi connectivity index (χ0n) is 7.68. The predicted octanol–water partition coefficient (Wildman–Crippen LogP) is 1.51. The lowest BCUT2D eigenvalue weighted by molar-refractivity contribution is 0.0863. The van der Waals surface area contributed by atoms with Gasteiger partial charge in [-0.25, -0.2) is 0 Å². The molecule has 2 heteroatoms. The van der Waals surface area contributed by atoms with E-state index in [2.05, 4.69) is 18.9 Å². The highest BCUT2D eigenvalue weighted by Gasteiger charge is 2.20. The van der Waals surface area contributed by atoms with Crippen molar-refractivity contribution in [3.8, 4) is 0 Å². The number of rotatable bonds is 4. The van der Waals surface area contributed by atoms with Crippen LogP contribution in [0.2, 0.25) is 0 Å². The molecule has 0 N–H and O–H groups in total. The molecule has 0 spiro atoms. The molecule has 1 aliphatic rings. The number of likely N-dealkylation sites (tertiary alicyclic amines) is 1. The van der Waals surface area contributed by atoms with Crippen LogP contribution in [0.1, 0.15) is 26.2 Å². The first-order valence-electron chi connectivity index (χ1n) is 4.62. The second-order valence-corrected chi connectivity index (χ2v) is 3.35. The van der Waals surface area contributed by atoms with E-state index in [9.17, 15) is 0 Å². The maximum absolute atomic E-state index is 5.50. The van der Waals surface area contributed by atoms with Crippen molar-refractivity contribution >= 4 is 0 Å². The Kier molecular flexibility index (Phi) is 3.87. The summed E-state index contributed by atoms with van der Waals surface area (Å²) in [5.41, 5.74) is 0. The third-order valence-electron chi connectivity index (χ3n) is 2.33. The van der Waals surface area contributed by atoms with Crippen LogP contribution in [0, 0.1) is 0 Å². The van der Waals surface area contributed by atoms with Gasteiger partial charge in [0.25, 0.3) is 0 Å². The Morgan fingerprint density at radius 1 is 1.55 bits per heavy atom. The summed E-state index contributed by atoms with van der Waals surface area (Å²) in [5.74, 6) is 0. The maximum atomic E-state index is 5.50. The van der Waals surface area contributed by atoms with Crippen molar-refractivity contribution in [3.05, 3.63) is 0 Å². The molecule has 11 heavy (non-hydrogen) atoms. The highest BCUT2D eigenvalue weighted by atomic mass is 16.5. The van der Waals surface area contributed by atoms with E-state index >= 15 is 0 Å². The topological polar surface area (TPSA) is 12.5 Å². The Morgan fingerprint density at radius 3 is 2.91 bits per heavy atom. The molecule has 1 rings (SSSR count). The molecule has 0 aliphatic carbocycles. The summed E-state index contributed by atoms with van der Waals surface area (Å²) >= 11 is 0. The van der Waals surface area contributed by atoms with Gasteiger partial charge in [-0.05, 0) is 32.9 Å². The molecule has 0 aromatic heterocycles.